The Balaban J connectivity index is 1.43. The standard InChI is InChI=1S/C27H29N3O4/c1-19(31)28-13-15-29(16-14-28)24(32)17-27(18-25(33)30(26(27)34)23-11-12-23)22-9-7-21(8-10-22)20-5-3-2-4-6-20/h2-10,23H,11-18H2,1H3/t27-/m1/s1. The van der Waals surface area contributed by atoms with Crippen LogP contribution in [0.4, 0.5) is 0 Å². The van der Waals surface area contributed by atoms with E-state index in [0.29, 0.717) is 31.7 Å². The Morgan fingerprint density at radius 2 is 1.44 bits per heavy atom. The Labute approximate surface area is 199 Å². The predicted octanol–water partition coefficient (Wildman–Crippen LogP) is 2.59. The molecule has 0 bridgehead atoms. The molecule has 2 saturated heterocycles. The third kappa shape index (κ3) is 4.00. The topological polar surface area (TPSA) is 78.0 Å². The van der Waals surface area contributed by atoms with Gasteiger partial charge in [0.05, 0.1) is 5.41 Å². The van der Waals surface area contributed by atoms with Crippen LogP contribution in [-0.2, 0) is 24.6 Å². The van der Waals surface area contributed by atoms with Gasteiger partial charge in [0.1, 0.15) is 0 Å². The summed E-state index contributed by atoms with van der Waals surface area (Å²) in [6, 6.07) is 17.6. The van der Waals surface area contributed by atoms with E-state index in [-0.39, 0.29) is 42.5 Å². The molecule has 3 aliphatic rings. The molecule has 0 spiro atoms. The number of benzene rings is 2. The molecule has 2 aliphatic heterocycles. The highest BCUT2D eigenvalue weighted by Gasteiger charge is 2.57. The maximum Gasteiger partial charge on any atom is 0.241 e. The minimum Gasteiger partial charge on any atom is -0.339 e. The second-order valence-electron chi connectivity index (χ2n) is 9.57. The Morgan fingerprint density at radius 3 is 2.03 bits per heavy atom. The van der Waals surface area contributed by atoms with Crippen LogP contribution in [0.25, 0.3) is 11.1 Å². The highest BCUT2D eigenvalue weighted by atomic mass is 16.2. The zero-order valence-corrected chi connectivity index (χ0v) is 19.4. The number of piperazine rings is 1. The lowest BCUT2D eigenvalue weighted by atomic mass is 9.75. The summed E-state index contributed by atoms with van der Waals surface area (Å²) in [7, 11) is 0. The fourth-order valence-electron chi connectivity index (χ4n) is 5.18. The van der Waals surface area contributed by atoms with Crippen LogP contribution in [0.5, 0.6) is 0 Å². The number of carbonyl (C=O) groups excluding carboxylic acids is 4. The first-order valence-corrected chi connectivity index (χ1v) is 11.9. The van der Waals surface area contributed by atoms with Gasteiger partial charge < -0.3 is 9.80 Å². The van der Waals surface area contributed by atoms with Crippen molar-refractivity contribution in [1.82, 2.24) is 14.7 Å². The van der Waals surface area contributed by atoms with Gasteiger partial charge in [0, 0.05) is 52.0 Å². The molecule has 176 valence electrons. The van der Waals surface area contributed by atoms with E-state index in [2.05, 4.69) is 0 Å². The van der Waals surface area contributed by atoms with Crippen molar-refractivity contribution in [3.8, 4) is 11.1 Å². The summed E-state index contributed by atoms with van der Waals surface area (Å²) in [5, 5.41) is 0. The molecule has 2 heterocycles. The van der Waals surface area contributed by atoms with Crippen molar-refractivity contribution in [2.24, 2.45) is 0 Å². The molecule has 3 fully saturated rings. The van der Waals surface area contributed by atoms with Gasteiger partial charge >= 0.3 is 0 Å². The number of likely N-dealkylation sites (tertiary alicyclic amines) is 1. The van der Waals surface area contributed by atoms with Crippen LogP contribution in [0.1, 0.15) is 38.2 Å². The normalized spacial score (nSPS) is 22.9. The molecule has 2 aromatic rings. The van der Waals surface area contributed by atoms with Crippen LogP contribution in [0.3, 0.4) is 0 Å². The zero-order chi connectivity index (χ0) is 23.9. The number of nitrogens with zero attached hydrogens (tertiary/aromatic N) is 3. The fourth-order valence-corrected chi connectivity index (χ4v) is 5.18. The van der Waals surface area contributed by atoms with Crippen LogP contribution in [0.2, 0.25) is 0 Å². The van der Waals surface area contributed by atoms with Crippen molar-refractivity contribution >= 4 is 23.6 Å². The van der Waals surface area contributed by atoms with Crippen LogP contribution in [-0.4, -0.2) is 70.5 Å². The first-order chi connectivity index (χ1) is 16.4. The van der Waals surface area contributed by atoms with E-state index in [1.165, 1.54) is 11.8 Å². The summed E-state index contributed by atoms with van der Waals surface area (Å²) in [4.78, 5) is 56.5. The van der Waals surface area contributed by atoms with E-state index < -0.39 is 5.41 Å². The molecule has 1 atom stereocenters. The molecule has 2 aromatic carbocycles. The fraction of sp³-hybridized carbons (Fsp3) is 0.407. The minimum absolute atomic E-state index is 0.00119. The molecule has 34 heavy (non-hydrogen) atoms. The number of amides is 4. The molecule has 1 saturated carbocycles. The summed E-state index contributed by atoms with van der Waals surface area (Å²) in [6.45, 7) is 3.38. The number of carbonyl (C=O) groups is 4. The summed E-state index contributed by atoms with van der Waals surface area (Å²) < 4.78 is 0. The van der Waals surface area contributed by atoms with Crippen LogP contribution >= 0.6 is 0 Å². The minimum atomic E-state index is -1.18. The summed E-state index contributed by atoms with van der Waals surface area (Å²) in [5.74, 6) is -0.579. The summed E-state index contributed by atoms with van der Waals surface area (Å²) >= 11 is 0. The second kappa shape index (κ2) is 8.70. The molecular formula is C27H29N3O4. The first kappa shape index (κ1) is 22.3. The number of hydrogen-bond acceptors (Lipinski definition) is 4. The van der Waals surface area contributed by atoms with Crippen molar-refractivity contribution in [2.75, 3.05) is 26.2 Å². The molecule has 4 amide bonds. The van der Waals surface area contributed by atoms with Crippen molar-refractivity contribution < 1.29 is 19.2 Å². The van der Waals surface area contributed by atoms with E-state index in [0.717, 1.165) is 24.0 Å². The van der Waals surface area contributed by atoms with Gasteiger partial charge in [-0.15, -0.1) is 0 Å². The van der Waals surface area contributed by atoms with E-state index >= 15 is 0 Å². The molecule has 0 radical (unpaired) electrons. The monoisotopic (exact) mass is 459 g/mol. The molecule has 0 unspecified atom stereocenters. The van der Waals surface area contributed by atoms with Gasteiger partial charge in [0.25, 0.3) is 0 Å². The first-order valence-electron chi connectivity index (χ1n) is 11.9. The Kier molecular flexibility index (Phi) is 5.71. The van der Waals surface area contributed by atoms with Crippen LogP contribution < -0.4 is 0 Å². The van der Waals surface area contributed by atoms with Gasteiger partial charge in [-0.2, -0.15) is 0 Å². The Morgan fingerprint density at radius 1 is 0.853 bits per heavy atom. The summed E-state index contributed by atoms with van der Waals surface area (Å²) in [5.41, 5.74) is 1.62. The van der Waals surface area contributed by atoms with Crippen molar-refractivity contribution in [3.05, 3.63) is 60.2 Å². The van der Waals surface area contributed by atoms with Gasteiger partial charge in [-0.3, -0.25) is 24.1 Å². The number of rotatable bonds is 5. The quantitative estimate of drug-likeness (QED) is 0.644. The van der Waals surface area contributed by atoms with Crippen LogP contribution in [0, 0.1) is 0 Å². The SMILES string of the molecule is CC(=O)N1CCN(C(=O)C[C@]2(c3ccc(-c4ccccc4)cc3)CC(=O)N(C3CC3)C2=O)CC1. The molecule has 1 aliphatic carbocycles. The maximum atomic E-state index is 13.7. The predicted molar refractivity (Wildman–Crippen MR) is 126 cm³/mol. The highest BCUT2D eigenvalue weighted by molar-refractivity contribution is 6.11. The lowest BCUT2D eigenvalue weighted by molar-refractivity contribution is -0.144. The lowest BCUT2D eigenvalue weighted by Crippen LogP contribution is -2.52. The average Bonchev–Trinajstić information content (AvgIpc) is 3.65. The van der Waals surface area contributed by atoms with E-state index in [9.17, 15) is 19.2 Å². The van der Waals surface area contributed by atoms with Crippen molar-refractivity contribution in [2.45, 2.75) is 44.1 Å². The van der Waals surface area contributed by atoms with Crippen molar-refractivity contribution in [3.63, 3.8) is 0 Å². The third-order valence-electron chi connectivity index (χ3n) is 7.34. The largest absolute Gasteiger partial charge is 0.339 e. The van der Waals surface area contributed by atoms with Crippen LogP contribution in [0.15, 0.2) is 54.6 Å². The van der Waals surface area contributed by atoms with Gasteiger partial charge in [-0.05, 0) is 29.5 Å². The Bertz CT molecular complexity index is 1120. The van der Waals surface area contributed by atoms with Gasteiger partial charge in [-0.1, -0.05) is 54.6 Å². The van der Waals surface area contributed by atoms with E-state index in [1.54, 1.807) is 9.80 Å². The third-order valence-corrected chi connectivity index (χ3v) is 7.34. The Hall–Kier alpha value is -3.48. The molecule has 7 heteroatoms. The highest BCUT2D eigenvalue weighted by Crippen LogP contribution is 2.44. The second-order valence-corrected chi connectivity index (χ2v) is 9.57. The van der Waals surface area contributed by atoms with E-state index in [1.807, 2.05) is 54.6 Å². The molecule has 7 nitrogen and oxygen atoms in total. The van der Waals surface area contributed by atoms with Gasteiger partial charge in [0.2, 0.25) is 23.6 Å². The van der Waals surface area contributed by atoms with Gasteiger partial charge in [0.15, 0.2) is 0 Å². The maximum absolute atomic E-state index is 13.7. The zero-order valence-electron chi connectivity index (χ0n) is 19.4. The van der Waals surface area contributed by atoms with Crippen molar-refractivity contribution in [1.29, 1.82) is 0 Å². The average molecular weight is 460 g/mol. The van der Waals surface area contributed by atoms with E-state index in [4.69, 9.17) is 0 Å². The number of hydrogen-bond donors (Lipinski definition) is 0. The summed E-state index contributed by atoms with van der Waals surface area (Å²) in [6.07, 6.45) is 1.65. The number of imide groups is 1. The molecule has 5 rings (SSSR count). The lowest BCUT2D eigenvalue weighted by Gasteiger charge is -2.36. The smallest absolute Gasteiger partial charge is 0.241 e. The molecule has 0 N–H and O–H groups in total. The molecular weight excluding hydrogens is 430 g/mol. The molecule has 0 aromatic heterocycles. The van der Waals surface area contributed by atoms with Gasteiger partial charge in [-0.25, -0.2) is 0 Å².